The highest BCUT2D eigenvalue weighted by molar-refractivity contribution is 5.94. The van der Waals surface area contributed by atoms with Crippen molar-refractivity contribution < 1.29 is 4.79 Å². The van der Waals surface area contributed by atoms with Crippen molar-refractivity contribution in [1.29, 1.82) is 0 Å². The molecule has 0 aliphatic rings. The number of nitrogens with one attached hydrogen (secondary N) is 2. The van der Waals surface area contributed by atoms with Crippen LogP contribution < -0.4 is 11.1 Å². The number of nitrogens with zero attached hydrogens (tertiary/aromatic N) is 1. The molecule has 1 aromatic rings. The number of nitrogens with two attached hydrogens (primary N) is 1. The molecule has 1 atom stereocenters. The van der Waals surface area contributed by atoms with E-state index >= 15 is 0 Å². The van der Waals surface area contributed by atoms with Crippen LogP contribution in [-0.4, -0.2) is 22.1 Å². The summed E-state index contributed by atoms with van der Waals surface area (Å²) in [5.41, 5.74) is 6.81. The zero-order valence-electron chi connectivity index (χ0n) is 13.2. The summed E-state index contributed by atoms with van der Waals surface area (Å²) < 4.78 is 0. The third-order valence-corrected chi connectivity index (χ3v) is 2.82. The van der Waals surface area contributed by atoms with Crippen LogP contribution in [0.3, 0.4) is 0 Å². The number of aromatic nitrogens is 2. The van der Waals surface area contributed by atoms with Crippen LogP contribution in [-0.2, 0) is 11.2 Å². The molecule has 0 bridgehead atoms. The molecule has 0 saturated carbocycles. The van der Waals surface area contributed by atoms with Crippen LogP contribution in [0.4, 0.5) is 5.82 Å². The summed E-state index contributed by atoms with van der Waals surface area (Å²) in [7, 11) is 0. The molecule has 0 aromatic carbocycles. The van der Waals surface area contributed by atoms with E-state index in [1.165, 1.54) is 0 Å². The highest BCUT2D eigenvalue weighted by atomic mass is 35.5. The Morgan fingerprint density at radius 3 is 2.35 bits per heavy atom. The normalized spacial score (nSPS) is 13.6. The van der Waals surface area contributed by atoms with Crippen LogP contribution in [0, 0.1) is 10.8 Å². The van der Waals surface area contributed by atoms with E-state index in [2.05, 4.69) is 36.3 Å². The Kier molecular flexibility index (Phi) is 6.24. The average molecular weight is 303 g/mol. The second-order valence-electron chi connectivity index (χ2n) is 7.35. The van der Waals surface area contributed by atoms with Gasteiger partial charge in [0.25, 0.3) is 0 Å². The van der Waals surface area contributed by atoms with Gasteiger partial charge in [0.2, 0.25) is 5.91 Å². The van der Waals surface area contributed by atoms with Gasteiger partial charge in [-0.1, -0.05) is 41.5 Å². The number of hydrogen-bond acceptors (Lipinski definition) is 3. The molecule has 20 heavy (non-hydrogen) atoms. The Bertz CT molecular complexity index is 443. The quantitative estimate of drug-likeness (QED) is 0.802. The number of H-pyrrole nitrogens is 1. The molecule has 116 valence electrons. The minimum atomic E-state index is -0.560. The van der Waals surface area contributed by atoms with Crippen LogP contribution in [0.1, 0.15) is 47.2 Å². The number of halogens is 1. The van der Waals surface area contributed by atoms with Gasteiger partial charge in [0.1, 0.15) is 0 Å². The summed E-state index contributed by atoms with van der Waals surface area (Å²) in [4.78, 5) is 12.0. The highest BCUT2D eigenvalue weighted by Crippen LogP contribution is 2.21. The standard InChI is InChI=1S/C14H26N4O.ClH/c1-13(2,3)8-9-7-10(18-17-9)16-12(19)11(15)14(4,5)6;/h7,11H,8,15H2,1-6H3,(H2,16,17,18,19);1H/t11-;/m1./s1. The number of anilines is 1. The van der Waals surface area contributed by atoms with E-state index in [-0.39, 0.29) is 29.1 Å². The number of aromatic amines is 1. The number of carbonyl (C=O) groups excluding carboxylic acids is 1. The van der Waals surface area contributed by atoms with Gasteiger partial charge in [-0.3, -0.25) is 9.89 Å². The molecule has 1 amide bonds. The minimum absolute atomic E-state index is 0. The predicted molar refractivity (Wildman–Crippen MR) is 85.1 cm³/mol. The molecule has 0 radical (unpaired) electrons. The molecule has 1 aromatic heterocycles. The first-order valence-electron chi connectivity index (χ1n) is 6.60. The van der Waals surface area contributed by atoms with Gasteiger partial charge in [-0.15, -0.1) is 12.4 Å². The van der Waals surface area contributed by atoms with Gasteiger partial charge in [0.05, 0.1) is 6.04 Å². The second-order valence-corrected chi connectivity index (χ2v) is 7.35. The Hall–Kier alpha value is -1.07. The summed E-state index contributed by atoms with van der Waals surface area (Å²) in [5, 5.41) is 9.78. The van der Waals surface area contributed by atoms with Gasteiger partial charge >= 0.3 is 0 Å². The largest absolute Gasteiger partial charge is 0.319 e. The summed E-state index contributed by atoms with van der Waals surface area (Å²) in [6.45, 7) is 12.3. The third kappa shape index (κ3) is 5.92. The molecule has 4 N–H and O–H groups in total. The average Bonchev–Trinajstić information content (AvgIpc) is 2.60. The lowest BCUT2D eigenvalue weighted by atomic mass is 9.87. The van der Waals surface area contributed by atoms with Crippen LogP contribution in [0.2, 0.25) is 0 Å². The lowest BCUT2D eigenvalue weighted by Crippen LogP contribution is -2.45. The van der Waals surface area contributed by atoms with E-state index in [0.29, 0.717) is 5.82 Å². The molecule has 0 aliphatic carbocycles. The van der Waals surface area contributed by atoms with E-state index in [1.54, 1.807) is 0 Å². The smallest absolute Gasteiger partial charge is 0.243 e. The lowest BCUT2D eigenvalue weighted by molar-refractivity contribution is -0.119. The summed E-state index contributed by atoms with van der Waals surface area (Å²) in [6, 6.07) is 1.30. The Labute approximate surface area is 127 Å². The Morgan fingerprint density at radius 1 is 1.35 bits per heavy atom. The molecule has 1 heterocycles. The van der Waals surface area contributed by atoms with Crippen LogP contribution in [0.25, 0.3) is 0 Å². The fourth-order valence-electron chi connectivity index (χ4n) is 1.68. The molecule has 5 nitrogen and oxygen atoms in total. The molecule has 0 fully saturated rings. The maximum Gasteiger partial charge on any atom is 0.243 e. The first-order chi connectivity index (χ1) is 8.49. The second kappa shape index (κ2) is 6.59. The van der Waals surface area contributed by atoms with Crippen molar-refractivity contribution in [2.24, 2.45) is 16.6 Å². The Morgan fingerprint density at radius 2 is 1.90 bits per heavy atom. The van der Waals surface area contributed by atoms with Gasteiger partial charge in [0, 0.05) is 11.8 Å². The number of hydrogen-bond donors (Lipinski definition) is 3. The monoisotopic (exact) mass is 302 g/mol. The number of amides is 1. The molecule has 0 saturated heterocycles. The van der Waals surface area contributed by atoms with Crippen molar-refractivity contribution in [1.82, 2.24) is 10.2 Å². The van der Waals surface area contributed by atoms with E-state index in [4.69, 9.17) is 5.73 Å². The summed E-state index contributed by atoms with van der Waals surface area (Å²) >= 11 is 0. The number of carbonyl (C=O) groups is 1. The number of rotatable bonds is 3. The first-order valence-corrected chi connectivity index (χ1v) is 6.60. The van der Waals surface area contributed by atoms with Crippen LogP contribution in [0.15, 0.2) is 6.07 Å². The molecule has 0 unspecified atom stereocenters. The third-order valence-electron chi connectivity index (χ3n) is 2.82. The minimum Gasteiger partial charge on any atom is -0.319 e. The fourth-order valence-corrected chi connectivity index (χ4v) is 1.68. The Balaban J connectivity index is 0.00000361. The molecule has 1 rings (SSSR count). The van der Waals surface area contributed by atoms with Crippen molar-refractivity contribution in [2.75, 3.05) is 5.32 Å². The topological polar surface area (TPSA) is 83.8 Å². The summed E-state index contributed by atoms with van der Waals surface area (Å²) in [6.07, 6.45) is 0.876. The maximum absolute atomic E-state index is 12.0. The van der Waals surface area contributed by atoms with Crippen molar-refractivity contribution in [3.8, 4) is 0 Å². The van der Waals surface area contributed by atoms with E-state index in [9.17, 15) is 4.79 Å². The van der Waals surface area contributed by atoms with Crippen molar-refractivity contribution >= 4 is 24.1 Å². The molecular weight excluding hydrogens is 276 g/mol. The molecule has 0 spiro atoms. The highest BCUT2D eigenvalue weighted by Gasteiger charge is 2.27. The maximum atomic E-state index is 12.0. The predicted octanol–water partition coefficient (Wildman–Crippen LogP) is 2.73. The van der Waals surface area contributed by atoms with Crippen molar-refractivity contribution in [2.45, 2.75) is 54.0 Å². The fraction of sp³-hybridized carbons (Fsp3) is 0.714. The SMILES string of the molecule is CC(C)(C)Cc1cc(NC(=O)[C@@H](N)C(C)(C)C)n[nH]1.Cl. The van der Waals surface area contributed by atoms with Crippen LogP contribution >= 0.6 is 12.4 Å². The van der Waals surface area contributed by atoms with Gasteiger partial charge in [0.15, 0.2) is 5.82 Å². The molecular formula is C14H27ClN4O. The van der Waals surface area contributed by atoms with Gasteiger partial charge in [-0.05, 0) is 17.3 Å². The molecule has 6 heteroatoms. The van der Waals surface area contributed by atoms with Crippen LogP contribution in [0.5, 0.6) is 0 Å². The van der Waals surface area contributed by atoms with Crippen molar-refractivity contribution in [3.05, 3.63) is 11.8 Å². The summed E-state index contributed by atoms with van der Waals surface area (Å²) in [5.74, 6) is 0.324. The van der Waals surface area contributed by atoms with Crippen molar-refractivity contribution in [3.63, 3.8) is 0 Å². The first kappa shape index (κ1) is 18.9. The van der Waals surface area contributed by atoms with Gasteiger partial charge < -0.3 is 11.1 Å². The lowest BCUT2D eigenvalue weighted by Gasteiger charge is -2.25. The van der Waals surface area contributed by atoms with Gasteiger partial charge in [-0.25, -0.2) is 0 Å². The van der Waals surface area contributed by atoms with Gasteiger partial charge in [-0.2, -0.15) is 5.10 Å². The zero-order chi connectivity index (χ0) is 14.8. The van der Waals surface area contributed by atoms with E-state index in [0.717, 1.165) is 12.1 Å². The van der Waals surface area contributed by atoms with E-state index < -0.39 is 6.04 Å². The van der Waals surface area contributed by atoms with E-state index in [1.807, 2.05) is 26.8 Å². The zero-order valence-corrected chi connectivity index (χ0v) is 14.0. The molecule has 0 aliphatic heterocycles.